The number of para-hydroxylation sites is 1. The lowest BCUT2D eigenvalue weighted by Crippen LogP contribution is -2.30. The van der Waals surface area contributed by atoms with Gasteiger partial charge in [-0.1, -0.05) is 43.6 Å². The van der Waals surface area contributed by atoms with Gasteiger partial charge in [-0.05, 0) is 31.4 Å². The highest BCUT2D eigenvalue weighted by atomic mass is 35.5. The molecule has 0 aliphatic carbocycles. The van der Waals surface area contributed by atoms with Gasteiger partial charge in [-0.3, -0.25) is 4.79 Å². The molecule has 0 saturated carbocycles. The van der Waals surface area contributed by atoms with Crippen molar-refractivity contribution < 1.29 is 14.3 Å². The summed E-state index contributed by atoms with van der Waals surface area (Å²) in [6, 6.07) is 9.23. The van der Waals surface area contributed by atoms with E-state index in [1.807, 2.05) is 30.3 Å². The number of nitrogens with zero attached hydrogens (tertiary/aromatic N) is 2. The second-order valence-corrected chi connectivity index (χ2v) is 6.47. The van der Waals surface area contributed by atoms with Gasteiger partial charge < -0.3 is 10.1 Å². The summed E-state index contributed by atoms with van der Waals surface area (Å²) >= 11 is 6.29. The maximum absolute atomic E-state index is 12.3. The lowest BCUT2D eigenvalue weighted by molar-refractivity contribution is -0.124. The molecule has 0 atom stereocenters. The zero-order valence-corrected chi connectivity index (χ0v) is 15.3. The summed E-state index contributed by atoms with van der Waals surface area (Å²) in [6.45, 7) is 6.02. The molecule has 1 heterocycles. The Labute approximate surface area is 152 Å². The van der Waals surface area contributed by atoms with E-state index in [2.05, 4.69) is 24.3 Å². The van der Waals surface area contributed by atoms with Crippen molar-refractivity contribution in [3.8, 4) is 5.69 Å². The van der Waals surface area contributed by atoms with Crippen LogP contribution in [0.3, 0.4) is 0 Å². The molecule has 25 heavy (non-hydrogen) atoms. The fourth-order valence-corrected chi connectivity index (χ4v) is 2.58. The lowest BCUT2D eigenvalue weighted by Gasteiger charge is -2.08. The molecular formula is C18H22ClN3O3. The van der Waals surface area contributed by atoms with E-state index in [0.29, 0.717) is 18.2 Å². The first-order valence-corrected chi connectivity index (χ1v) is 8.52. The molecule has 0 aliphatic heterocycles. The Morgan fingerprint density at radius 3 is 2.60 bits per heavy atom. The third kappa shape index (κ3) is 5.06. The second-order valence-electron chi connectivity index (χ2n) is 6.11. The topological polar surface area (TPSA) is 73.2 Å². The first kappa shape index (κ1) is 19.0. The van der Waals surface area contributed by atoms with Crippen LogP contribution in [0.15, 0.2) is 30.3 Å². The van der Waals surface area contributed by atoms with Gasteiger partial charge in [0.05, 0.1) is 11.4 Å². The van der Waals surface area contributed by atoms with E-state index < -0.39 is 5.97 Å². The van der Waals surface area contributed by atoms with Crippen LogP contribution in [0.1, 0.15) is 36.3 Å². The van der Waals surface area contributed by atoms with E-state index in [9.17, 15) is 9.59 Å². The van der Waals surface area contributed by atoms with Crippen molar-refractivity contribution >= 4 is 23.5 Å². The Kier molecular flexibility index (Phi) is 6.58. The second kappa shape index (κ2) is 8.67. The van der Waals surface area contributed by atoms with Gasteiger partial charge in [0.1, 0.15) is 10.7 Å². The van der Waals surface area contributed by atoms with Crippen LogP contribution in [0.2, 0.25) is 5.15 Å². The zero-order valence-electron chi connectivity index (χ0n) is 14.6. The SMILES string of the molecule is Cc1nn(-c2ccccc2)c(Cl)c1C(=O)OCC(=O)NCCC(C)C. The molecule has 0 saturated heterocycles. The van der Waals surface area contributed by atoms with E-state index in [0.717, 1.165) is 12.1 Å². The molecule has 0 spiro atoms. The van der Waals surface area contributed by atoms with Crippen LogP contribution in [0.4, 0.5) is 0 Å². The highest BCUT2D eigenvalue weighted by molar-refractivity contribution is 6.33. The van der Waals surface area contributed by atoms with Gasteiger partial charge in [-0.15, -0.1) is 0 Å². The standard InChI is InChI=1S/C18H22ClN3O3/c1-12(2)9-10-20-15(23)11-25-18(24)16-13(3)21-22(17(16)19)14-7-5-4-6-8-14/h4-8,12H,9-11H2,1-3H3,(H,20,23). The minimum atomic E-state index is -0.663. The summed E-state index contributed by atoms with van der Waals surface area (Å²) < 4.78 is 6.54. The average Bonchev–Trinajstić information content (AvgIpc) is 2.88. The summed E-state index contributed by atoms with van der Waals surface area (Å²) in [5.41, 5.74) is 1.35. The largest absolute Gasteiger partial charge is 0.452 e. The van der Waals surface area contributed by atoms with Crippen LogP contribution in [0, 0.1) is 12.8 Å². The molecule has 7 heteroatoms. The van der Waals surface area contributed by atoms with Crippen molar-refractivity contribution in [3.63, 3.8) is 0 Å². The van der Waals surface area contributed by atoms with Gasteiger partial charge in [-0.25, -0.2) is 9.48 Å². The van der Waals surface area contributed by atoms with Crippen molar-refractivity contribution in [2.75, 3.05) is 13.2 Å². The molecule has 1 aromatic heterocycles. The van der Waals surface area contributed by atoms with Crippen LogP contribution >= 0.6 is 11.6 Å². The molecule has 0 unspecified atom stereocenters. The zero-order chi connectivity index (χ0) is 18.4. The molecule has 6 nitrogen and oxygen atoms in total. The van der Waals surface area contributed by atoms with E-state index in [1.54, 1.807) is 6.92 Å². The van der Waals surface area contributed by atoms with Gasteiger partial charge in [0.15, 0.2) is 6.61 Å². The van der Waals surface area contributed by atoms with Gasteiger partial charge >= 0.3 is 5.97 Å². The first-order valence-electron chi connectivity index (χ1n) is 8.14. The van der Waals surface area contributed by atoms with E-state index in [4.69, 9.17) is 16.3 Å². The summed E-state index contributed by atoms with van der Waals surface area (Å²) in [7, 11) is 0. The predicted molar refractivity (Wildman–Crippen MR) is 96.1 cm³/mol. The number of halogens is 1. The lowest BCUT2D eigenvalue weighted by atomic mass is 10.1. The average molecular weight is 364 g/mol. The molecule has 0 aliphatic rings. The van der Waals surface area contributed by atoms with Crippen LogP contribution in [-0.2, 0) is 9.53 Å². The van der Waals surface area contributed by atoms with Crippen molar-refractivity contribution in [1.29, 1.82) is 0 Å². The molecule has 1 amide bonds. The Balaban J connectivity index is 2.00. The maximum Gasteiger partial charge on any atom is 0.343 e. The highest BCUT2D eigenvalue weighted by Gasteiger charge is 2.23. The van der Waals surface area contributed by atoms with Crippen LogP contribution in [0.25, 0.3) is 5.69 Å². The fraction of sp³-hybridized carbons (Fsp3) is 0.389. The molecule has 1 N–H and O–H groups in total. The minimum Gasteiger partial charge on any atom is -0.452 e. The normalized spacial score (nSPS) is 10.8. The van der Waals surface area contributed by atoms with Gasteiger partial charge in [0, 0.05) is 6.54 Å². The van der Waals surface area contributed by atoms with E-state index >= 15 is 0 Å². The number of ether oxygens (including phenoxy) is 1. The highest BCUT2D eigenvalue weighted by Crippen LogP contribution is 2.24. The number of benzene rings is 1. The number of carbonyl (C=O) groups is 2. The summed E-state index contributed by atoms with van der Waals surface area (Å²) in [5.74, 6) is -0.505. The van der Waals surface area contributed by atoms with Gasteiger partial charge in [0.2, 0.25) is 0 Å². The molecule has 2 rings (SSSR count). The third-order valence-corrected chi connectivity index (χ3v) is 3.94. The first-order chi connectivity index (χ1) is 11.9. The number of esters is 1. The fourth-order valence-electron chi connectivity index (χ4n) is 2.23. The van der Waals surface area contributed by atoms with Crippen molar-refractivity contribution in [3.05, 3.63) is 46.7 Å². The molecule has 2 aromatic rings. The Hall–Kier alpha value is -2.34. The Morgan fingerprint density at radius 1 is 1.28 bits per heavy atom. The van der Waals surface area contributed by atoms with E-state index in [1.165, 1.54) is 4.68 Å². The third-order valence-electron chi connectivity index (χ3n) is 3.59. The quantitative estimate of drug-likeness (QED) is 0.767. The molecular weight excluding hydrogens is 342 g/mol. The number of nitrogens with one attached hydrogen (secondary N) is 1. The number of aryl methyl sites for hydroxylation is 1. The van der Waals surface area contributed by atoms with Crippen LogP contribution in [-0.4, -0.2) is 34.8 Å². The van der Waals surface area contributed by atoms with Gasteiger partial charge in [-0.2, -0.15) is 5.10 Å². The predicted octanol–water partition coefficient (Wildman–Crippen LogP) is 3.15. The summed E-state index contributed by atoms with van der Waals surface area (Å²) in [6.07, 6.45) is 0.870. The maximum atomic E-state index is 12.3. The molecule has 0 radical (unpaired) electrons. The van der Waals surface area contributed by atoms with E-state index in [-0.39, 0.29) is 23.2 Å². The van der Waals surface area contributed by atoms with Crippen molar-refractivity contribution in [2.24, 2.45) is 5.92 Å². The number of aromatic nitrogens is 2. The smallest absolute Gasteiger partial charge is 0.343 e. The van der Waals surface area contributed by atoms with Crippen molar-refractivity contribution in [2.45, 2.75) is 27.2 Å². The van der Waals surface area contributed by atoms with Crippen LogP contribution in [0.5, 0.6) is 0 Å². The monoisotopic (exact) mass is 363 g/mol. The molecule has 1 aromatic carbocycles. The molecule has 134 valence electrons. The summed E-state index contributed by atoms with van der Waals surface area (Å²) in [4.78, 5) is 24.0. The minimum absolute atomic E-state index is 0.161. The number of amides is 1. The number of hydrogen-bond acceptors (Lipinski definition) is 4. The number of rotatable bonds is 7. The number of carbonyl (C=O) groups excluding carboxylic acids is 2. The molecule has 0 fully saturated rings. The Morgan fingerprint density at radius 2 is 1.96 bits per heavy atom. The Bertz CT molecular complexity index is 742. The van der Waals surface area contributed by atoms with Crippen LogP contribution < -0.4 is 5.32 Å². The number of hydrogen-bond donors (Lipinski definition) is 1. The summed E-state index contributed by atoms with van der Waals surface area (Å²) in [5, 5.41) is 7.15. The van der Waals surface area contributed by atoms with Crippen molar-refractivity contribution in [1.82, 2.24) is 15.1 Å². The molecule has 0 bridgehead atoms. The van der Waals surface area contributed by atoms with Gasteiger partial charge in [0.25, 0.3) is 5.91 Å².